The summed E-state index contributed by atoms with van der Waals surface area (Å²) < 4.78 is 16.0. The van der Waals surface area contributed by atoms with Crippen molar-refractivity contribution >= 4 is 34.6 Å². The quantitative estimate of drug-likeness (QED) is 0.295. The lowest BCUT2D eigenvalue weighted by molar-refractivity contribution is 0.0459. The molecule has 36 heavy (non-hydrogen) atoms. The van der Waals surface area contributed by atoms with Crippen molar-refractivity contribution in [1.82, 2.24) is 9.97 Å². The minimum atomic E-state index is -0.715. The molecule has 184 valence electrons. The van der Waals surface area contributed by atoms with E-state index >= 15 is 0 Å². The molecule has 9 heteroatoms. The number of ether oxygens (including phenoxy) is 2. The third kappa shape index (κ3) is 4.68. The molecule has 0 aliphatic rings. The maximum atomic E-state index is 13.1. The van der Waals surface area contributed by atoms with E-state index in [1.165, 1.54) is 6.07 Å². The van der Waals surface area contributed by atoms with E-state index in [9.17, 15) is 14.4 Å². The van der Waals surface area contributed by atoms with E-state index in [2.05, 4.69) is 9.97 Å². The van der Waals surface area contributed by atoms with Gasteiger partial charge in [-0.2, -0.15) is 4.98 Å². The van der Waals surface area contributed by atoms with Crippen LogP contribution >= 0.6 is 0 Å². The monoisotopic (exact) mass is 487 g/mol. The van der Waals surface area contributed by atoms with E-state index in [1.54, 1.807) is 44.2 Å². The van der Waals surface area contributed by atoms with Crippen molar-refractivity contribution < 1.29 is 28.3 Å². The number of benzene rings is 2. The SMILES string of the molecule is CCOC(=O)c1c(C)oc2nc(COC(=O)c3ccccc3C(=O)c3ccc(C)c(C)c3)nc(N)c12. The lowest BCUT2D eigenvalue weighted by atomic mass is 9.96. The Morgan fingerprint density at radius 2 is 1.64 bits per heavy atom. The molecular weight excluding hydrogens is 462 g/mol. The summed E-state index contributed by atoms with van der Waals surface area (Å²) in [4.78, 5) is 46.7. The number of anilines is 1. The molecule has 0 bridgehead atoms. The van der Waals surface area contributed by atoms with Gasteiger partial charge in [0, 0.05) is 11.1 Å². The fraction of sp³-hybridized carbons (Fsp3) is 0.222. The van der Waals surface area contributed by atoms with Gasteiger partial charge in [-0.25, -0.2) is 14.6 Å². The molecule has 0 aliphatic carbocycles. The van der Waals surface area contributed by atoms with Gasteiger partial charge in [-0.1, -0.05) is 30.3 Å². The normalized spacial score (nSPS) is 10.9. The number of fused-ring (bicyclic) bond motifs is 1. The van der Waals surface area contributed by atoms with E-state index < -0.39 is 11.9 Å². The van der Waals surface area contributed by atoms with Gasteiger partial charge in [-0.15, -0.1) is 0 Å². The number of carbonyl (C=O) groups excluding carboxylic acids is 3. The second-order valence-electron chi connectivity index (χ2n) is 8.21. The van der Waals surface area contributed by atoms with Crippen LogP contribution in [0.5, 0.6) is 0 Å². The molecule has 9 nitrogen and oxygen atoms in total. The largest absolute Gasteiger partial charge is 0.462 e. The summed E-state index contributed by atoms with van der Waals surface area (Å²) in [6, 6.07) is 11.8. The molecule has 4 rings (SSSR count). The van der Waals surface area contributed by atoms with Crippen molar-refractivity contribution in [2.45, 2.75) is 34.3 Å². The van der Waals surface area contributed by atoms with Gasteiger partial charge in [0.05, 0.1) is 17.6 Å². The summed E-state index contributed by atoms with van der Waals surface area (Å²) in [5.41, 5.74) is 9.18. The number of ketones is 1. The van der Waals surface area contributed by atoms with Crippen LogP contribution in [-0.4, -0.2) is 34.3 Å². The zero-order chi connectivity index (χ0) is 26.0. The second kappa shape index (κ2) is 9.99. The molecule has 2 aromatic carbocycles. The molecular formula is C27H25N3O6. The number of hydrogen-bond donors (Lipinski definition) is 1. The molecule has 0 fully saturated rings. The number of nitrogens with zero attached hydrogens (tertiary/aromatic N) is 2. The number of aryl methyl sites for hydroxylation is 3. The van der Waals surface area contributed by atoms with Crippen LogP contribution in [0.4, 0.5) is 5.82 Å². The van der Waals surface area contributed by atoms with Gasteiger partial charge in [-0.05, 0) is 51.0 Å². The van der Waals surface area contributed by atoms with E-state index in [0.29, 0.717) is 5.56 Å². The zero-order valence-electron chi connectivity index (χ0n) is 20.4. The molecule has 0 unspecified atom stereocenters. The van der Waals surface area contributed by atoms with E-state index in [1.807, 2.05) is 19.9 Å². The van der Waals surface area contributed by atoms with Gasteiger partial charge in [0.1, 0.15) is 17.1 Å². The van der Waals surface area contributed by atoms with Crippen molar-refractivity contribution in [3.05, 3.63) is 87.4 Å². The Hall–Kier alpha value is -4.53. The first-order valence-electron chi connectivity index (χ1n) is 11.3. The van der Waals surface area contributed by atoms with Gasteiger partial charge in [0.15, 0.2) is 18.2 Å². The highest BCUT2D eigenvalue weighted by molar-refractivity contribution is 6.14. The first-order valence-corrected chi connectivity index (χ1v) is 11.3. The molecule has 0 saturated heterocycles. The highest BCUT2D eigenvalue weighted by Crippen LogP contribution is 2.29. The highest BCUT2D eigenvalue weighted by Gasteiger charge is 2.25. The Morgan fingerprint density at radius 1 is 0.917 bits per heavy atom. The van der Waals surface area contributed by atoms with Crippen LogP contribution in [0.3, 0.4) is 0 Å². The number of aromatic nitrogens is 2. The molecule has 0 atom stereocenters. The maximum Gasteiger partial charge on any atom is 0.342 e. The van der Waals surface area contributed by atoms with Crippen LogP contribution in [0.1, 0.15) is 66.3 Å². The number of rotatable bonds is 7. The van der Waals surface area contributed by atoms with Crippen LogP contribution in [0.15, 0.2) is 46.9 Å². The third-order valence-electron chi connectivity index (χ3n) is 5.77. The smallest absolute Gasteiger partial charge is 0.342 e. The van der Waals surface area contributed by atoms with E-state index in [0.717, 1.165) is 11.1 Å². The molecule has 0 aliphatic heterocycles. The molecule has 2 N–H and O–H groups in total. The number of hydrogen-bond acceptors (Lipinski definition) is 9. The summed E-state index contributed by atoms with van der Waals surface area (Å²) >= 11 is 0. The average Bonchev–Trinajstić information content (AvgIpc) is 3.20. The van der Waals surface area contributed by atoms with Gasteiger partial charge < -0.3 is 19.6 Å². The third-order valence-corrected chi connectivity index (χ3v) is 5.77. The number of nitrogen functional groups attached to an aromatic ring is 1. The molecule has 0 saturated carbocycles. The number of nitrogens with two attached hydrogens (primary N) is 1. The van der Waals surface area contributed by atoms with Crippen molar-refractivity contribution in [2.75, 3.05) is 12.3 Å². The van der Waals surface area contributed by atoms with Gasteiger partial charge in [-0.3, -0.25) is 4.79 Å². The summed E-state index contributed by atoms with van der Waals surface area (Å²) in [5, 5.41) is 0.241. The van der Waals surface area contributed by atoms with Crippen LogP contribution in [0.2, 0.25) is 0 Å². The summed E-state index contributed by atoms with van der Waals surface area (Å²) in [5.74, 6) is -1.23. The highest BCUT2D eigenvalue weighted by atomic mass is 16.5. The van der Waals surface area contributed by atoms with E-state index in [-0.39, 0.29) is 64.2 Å². The van der Waals surface area contributed by atoms with Crippen molar-refractivity contribution in [3.8, 4) is 0 Å². The average molecular weight is 488 g/mol. The Labute approximate surface area is 207 Å². The predicted molar refractivity (Wildman–Crippen MR) is 132 cm³/mol. The minimum absolute atomic E-state index is 0.00345. The molecule has 4 aromatic rings. The standard InChI is InChI=1S/C27H25N3O6/c1-5-34-27(33)21-16(4)36-25-22(21)24(28)29-20(30-25)13-35-26(32)19-9-7-6-8-18(19)23(31)17-11-10-14(2)15(3)12-17/h6-12H,5,13H2,1-4H3,(H2,28,29,30). The van der Waals surface area contributed by atoms with Crippen molar-refractivity contribution in [3.63, 3.8) is 0 Å². The van der Waals surface area contributed by atoms with Crippen molar-refractivity contribution in [2.24, 2.45) is 0 Å². The lowest BCUT2D eigenvalue weighted by Crippen LogP contribution is -2.14. The second-order valence-corrected chi connectivity index (χ2v) is 8.21. The summed E-state index contributed by atoms with van der Waals surface area (Å²) in [6.07, 6.45) is 0. The number of esters is 2. The first-order chi connectivity index (χ1) is 17.2. The van der Waals surface area contributed by atoms with Gasteiger partial charge >= 0.3 is 11.9 Å². The predicted octanol–water partition coefficient (Wildman–Crippen LogP) is 4.49. The zero-order valence-corrected chi connectivity index (χ0v) is 20.4. The maximum absolute atomic E-state index is 13.1. The number of carbonyl (C=O) groups is 3. The summed E-state index contributed by atoms with van der Waals surface area (Å²) in [7, 11) is 0. The van der Waals surface area contributed by atoms with E-state index in [4.69, 9.17) is 19.6 Å². The molecule has 2 aromatic heterocycles. The van der Waals surface area contributed by atoms with Crippen LogP contribution in [-0.2, 0) is 16.1 Å². The molecule has 2 heterocycles. The van der Waals surface area contributed by atoms with Crippen LogP contribution < -0.4 is 5.73 Å². The fourth-order valence-corrected chi connectivity index (χ4v) is 3.80. The Balaban J connectivity index is 1.57. The minimum Gasteiger partial charge on any atom is -0.462 e. The molecule has 0 amide bonds. The lowest BCUT2D eigenvalue weighted by Gasteiger charge is -2.10. The van der Waals surface area contributed by atoms with Crippen LogP contribution in [0, 0.1) is 20.8 Å². The Morgan fingerprint density at radius 3 is 2.33 bits per heavy atom. The molecule has 0 radical (unpaired) electrons. The van der Waals surface area contributed by atoms with Gasteiger partial charge in [0.25, 0.3) is 0 Å². The van der Waals surface area contributed by atoms with Crippen molar-refractivity contribution in [1.29, 1.82) is 0 Å². The summed E-state index contributed by atoms with van der Waals surface area (Å²) in [6.45, 7) is 7.03. The first kappa shape index (κ1) is 24.6. The topological polar surface area (TPSA) is 135 Å². The van der Waals surface area contributed by atoms with Crippen LogP contribution in [0.25, 0.3) is 11.1 Å². The number of furan rings is 1. The molecule has 0 spiro atoms. The Bertz CT molecular complexity index is 1510. The Kier molecular flexibility index (Phi) is 6.82. The van der Waals surface area contributed by atoms with Gasteiger partial charge in [0.2, 0.25) is 5.71 Å². The fourth-order valence-electron chi connectivity index (χ4n) is 3.80.